The van der Waals surface area contributed by atoms with E-state index in [1.165, 1.54) is 18.2 Å². The van der Waals surface area contributed by atoms with Crippen LogP contribution in [0.1, 0.15) is 132 Å². The molecule has 15 nitrogen and oxygen atoms in total. The van der Waals surface area contributed by atoms with Crippen molar-refractivity contribution >= 4 is 60.7 Å². The van der Waals surface area contributed by atoms with Crippen molar-refractivity contribution in [3.63, 3.8) is 0 Å². The molecule has 3 aromatic rings. The lowest BCUT2D eigenvalue weighted by atomic mass is 9.86. The number of ether oxygens (including phenoxy) is 2. The van der Waals surface area contributed by atoms with Crippen LogP contribution in [0.5, 0.6) is 5.75 Å². The first-order valence-corrected chi connectivity index (χ1v) is 26.3. The molecule has 2 saturated carbocycles. The van der Waals surface area contributed by atoms with Gasteiger partial charge in [0.2, 0.25) is 31.9 Å². The maximum absolute atomic E-state index is 12.9. The largest absolute Gasteiger partial charge is 0.490 e. The molecule has 0 radical (unpaired) electrons. The number of fused-ring (bicyclic) bond motifs is 1. The van der Waals surface area contributed by atoms with Crippen LogP contribution in [0.3, 0.4) is 0 Å². The SMILES string of the molecule is CC(C)S(=O)(=O)NC1CCC(C(=O)Nc2ccc3c(c2)C(=O)N(c2ccc(C(F)(F)F)cc2)C3=O)CC1.CC1CC(Oc2ccc(NC(=O)C3CCC(NS(=O)(=O)C(C)C)CC3)cc2)CC(C)O1. The van der Waals surface area contributed by atoms with Crippen molar-refractivity contribution in [3.8, 4) is 5.75 Å². The molecule has 4 N–H and O–H groups in total. The molecule has 0 spiro atoms. The minimum absolute atomic E-state index is 0.00841. The maximum Gasteiger partial charge on any atom is 0.416 e. The number of halogens is 3. The van der Waals surface area contributed by atoms with Crippen molar-refractivity contribution in [2.45, 2.75) is 153 Å². The van der Waals surface area contributed by atoms with Crippen LogP contribution in [0, 0.1) is 11.8 Å². The normalized spacial score (nSPS) is 24.5. The molecule has 3 aromatic carbocycles. The number of amides is 4. The van der Waals surface area contributed by atoms with Crippen LogP contribution in [-0.4, -0.2) is 81.4 Å². The Balaban J connectivity index is 0.000000228. The Morgan fingerprint density at radius 3 is 1.54 bits per heavy atom. The number of alkyl halides is 3. The molecule has 2 heterocycles. The molecule has 2 atom stereocenters. The molecule has 0 bridgehead atoms. The fourth-order valence-corrected chi connectivity index (χ4v) is 10.7. The van der Waals surface area contributed by atoms with E-state index in [4.69, 9.17) is 9.47 Å². The summed E-state index contributed by atoms with van der Waals surface area (Å²) in [6, 6.07) is 15.2. The maximum atomic E-state index is 12.9. The van der Waals surface area contributed by atoms with Crippen LogP contribution in [0.2, 0.25) is 0 Å². The number of anilines is 3. The zero-order chi connectivity index (χ0) is 49.7. The third-order valence-corrected chi connectivity index (χ3v) is 16.6. The average molecular weight is 990 g/mol. The quantitative estimate of drug-likeness (QED) is 0.121. The number of carbonyl (C=O) groups excluding carboxylic acids is 4. The Kier molecular flexibility index (Phi) is 16.8. The van der Waals surface area contributed by atoms with Crippen molar-refractivity contribution in [1.29, 1.82) is 0 Å². The van der Waals surface area contributed by atoms with Gasteiger partial charge in [-0.25, -0.2) is 31.2 Å². The number of nitrogens with zero attached hydrogens (tertiary/aromatic N) is 1. The van der Waals surface area contributed by atoms with E-state index in [0.717, 1.165) is 53.4 Å². The third-order valence-electron chi connectivity index (χ3n) is 12.8. The zero-order valence-corrected chi connectivity index (χ0v) is 40.7. The first-order valence-electron chi connectivity index (χ1n) is 23.2. The second-order valence-corrected chi connectivity index (χ2v) is 23.3. The fourth-order valence-electron chi connectivity index (χ4n) is 8.77. The van der Waals surface area contributed by atoms with E-state index in [1.54, 1.807) is 27.7 Å². The summed E-state index contributed by atoms with van der Waals surface area (Å²) < 4.78 is 104. The summed E-state index contributed by atoms with van der Waals surface area (Å²) >= 11 is 0. The first-order chi connectivity index (χ1) is 31.9. The number of rotatable bonds is 13. The molecule has 7 rings (SSSR count). The number of carbonyl (C=O) groups is 4. The molecular formula is C48H62F3N5O10S2. The fraction of sp³-hybridized carbons (Fsp3) is 0.542. The van der Waals surface area contributed by atoms with Crippen LogP contribution in [-0.2, 0) is 40.5 Å². The van der Waals surface area contributed by atoms with Crippen LogP contribution in [0.4, 0.5) is 30.2 Å². The van der Waals surface area contributed by atoms with E-state index >= 15 is 0 Å². The molecule has 20 heteroatoms. The number of benzene rings is 3. The van der Waals surface area contributed by atoms with Gasteiger partial charge in [0.1, 0.15) is 11.9 Å². The number of nitrogens with one attached hydrogen (secondary N) is 4. The van der Waals surface area contributed by atoms with Gasteiger partial charge >= 0.3 is 6.18 Å². The highest BCUT2D eigenvalue weighted by molar-refractivity contribution is 7.90. The minimum atomic E-state index is -4.55. The second kappa shape index (κ2) is 21.8. The summed E-state index contributed by atoms with van der Waals surface area (Å²) in [7, 11) is -6.67. The van der Waals surface area contributed by atoms with E-state index in [1.807, 2.05) is 24.3 Å². The lowest BCUT2D eigenvalue weighted by Gasteiger charge is -2.32. The monoisotopic (exact) mass is 989 g/mol. The average Bonchev–Trinajstić information content (AvgIpc) is 3.51. The summed E-state index contributed by atoms with van der Waals surface area (Å²) in [6.07, 6.45) is 2.46. The van der Waals surface area contributed by atoms with E-state index < -0.39 is 54.1 Å². The lowest BCUT2D eigenvalue weighted by molar-refractivity contribution is -0.137. The molecule has 1 saturated heterocycles. The predicted molar refractivity (Wildman–Crippen MR) is 252 cm³/mol. The van der Waals surface area contributed by atoms with Gasteiger partial charge in [-0.15, -0.1) is 0 Å². The van der Waals surface area contributed by atoms with Gasteiger partial charge < -0.3 is 20.1 Å². The Morgan fingerprint density at radius 2 is 1.09 bits per heavy atom. The first kappa shape index (κ1) is 52.5. The molecule has 0 aromatic heterocycles. The third kappa shape index (κ3) is 13.5. The number of hydrogen-bond acceptors (Lipinski definition) is 10. The summed E-state index contributed by atoms with van der Waals surface area (Å²) in [5, 5.41) is 4.75. The van der Waals surface area contributed by atoms with Crippen molar-refractivity contribution in [2.75, 3.05) is 15.5 Å². The van der Waals surface area contributed by atoms with Crippen molar-refractivity contribution in [1.82, 2.24) is 9.44 Å². The van der Waals surface area contributed by atoms with Gasteiger partial charge in [-0.1, -0.05) is 0 Å². The number of sulfonamides is 2. The van der Waals surface area contributed by atoms with Gasteiger partial charge in [-0.2, -0.15) is 13.2 Å². The Bertz CT molecular complexity index is 2500. The number of imide groups is 1. The highest BCUT2D eigenvalue weighted by Crippen LogP contribution is 2.35. The summed E-state index contributed by atoms with van der Waals surface area (Å²) in [5.74, 6) is -1.29. The van der Waals surface area contributed by atoms with Crippen molar-refractivity contribution in [2.24, 2.45) is 11.8 Å². The van der Waals surface area contributed by atoms with Crippen LogP contribution in [0.15, 0.2) is 66.7 Å². The topological polar surface area (TPSA) is 206 Å². The van der Waals surface area contributed by atoms with Gasteiger partial charge in [-0.05, 0) is 160 Å². The molecule has 2 unspecified atom stereocenters. The van der Waals surface area contributed by atoms with Crippen LogP contribution < -0.4 is 29.7 Å². The molecule has 2 aliphatic carbocycles. The van der Waals surface area contributed by atoms with Gasteiger partial charge in [0.15, 0.2) is 0 Å². The van der Waals surface area contributed by atoms with E-state index in [9.17, 15) is 49.2 Å². The summed E-state index contributed by atoms with van der Waals surface area (Å²) in [6.45, 7) is 10.7. The lowest BCUT2D eigenvalue weighted by Crippen LogP contribution is -2.42. The van der Waals surface area contributed by atoms with E-state index in [-0.39, 0.29) is 70.9 Å². The second-order valence-electron chi connectivity index (χ2n) is 18.7. The molecule has 3 fully saturated rings. The van der Waals surface area contributed by atoms with E-state index in [2.05, 4.69) is 33.9 Å². The molecule has 4 amide bonds. The highest BCUT2D eigenvalue weighted by atomic mass is 32.2. The Hall–Kier alpha value is -4.89. The Labute approximate surface area is 396 Å². The van der Waals surface area contributed by atoms with Gasteiger partial charge in [0.25, 0.3) is 11.8 Å². The predicted octanol–water partition coefficient (Wildman–Crippen LogP) is 8.18. The summed E-state index contributed by atoms with van der Waals surface area (Å²) in [4.78, 5) is 52.0. The highest BCUT2D eigenvalue weighted by Gasteiger charge is 2.39. The van der Waals surface area contributed by atoms with Crippen LogP contribution >= 0.6 is 0 Å². The van der Waals surface area contributed by atoms with Gasteiger partial charge in [-0.3, -0.25) is 19.2 Å². The Morgan fingerprint density at radius 1 is 0.647 bits per heavy atom. The molecular weight excluding hydrogens is 928 g/mol. The zero-order valence-electron chi connectivity index (χ0n) is 39.1. The van der Waals surface area contributed by atoms with Crippen LogP contribution in [0.25, 0.3) is 0 Å². The number of hydrogen-bond donors (Lipinski definition) is 4. The molecule has 2 aliphatic heterocycles. The summed E-state index contributed by atoms with van der Waals surface area (Å²) in [5.41, 5.74) is 0.282. The van der Waals surface area contributed by atoms with Gasteiger partial charge in [0, 0.05) is 48.1 Å². The van der Waals surface area contributed by atoms with Crippen molar-refractivity contribution < 1.29 is 58.7 Å². The van der Waals surface area contributed by atoms with Crippen molar-refractivity contribution in [3.05, 3.63) is 83.4 Å². The smallest absolute Gasteiger partial charge is 0.416 e. The van der Waals surface area contributed by atoms with E-state index in [0.29, 0.717) is 57.1 Å². The van der Waals surface area contributed by atoms with Gasteiger partial charge in [0.05, 0.1) is 45.1 Å². The minimum Gasteiger partial charge on any atom is -0.490 e. The molecule has 68 heavy (non-hydrogen) atoms. The standard InChI is InChI=1S/C25H26F3N3O5S.C23H36N2O5S/c1-14(2)37(35,36)30-17-7-3-15(4-8-17)22(32)29-18-9-12-20-21(13-18)24(34)31(23(20)33)19-10-5-16(6-11-19)25(26,27)28;1-15(2)31(27,28)25-20-7-5-18(6-8-20)23(26)24-19-9-11-21(12-10-19)30-22-13-16(3)29-17(4)14-22/h5-6,9-15,17,30H,3-4,7-8H2,1-2H3,(H,29,32);9-12,15-18,20,22,25H,5-8,13-14H2,1-4H3,(H,24,26). The molecule has 4 aliphatic rings. The molecule has 372 valence electrons.